The Kier molecular flexibility index (Phi) is 6.86. The molecule has 1 aliphatic rings. The Labute approximate surface area is 140 Å². The molecule has 0 radical (unpaired) electrons. The summed E-state index contributed by atoms with van der Waals surface area (Å²) in [5.41, 5.74) is 8.40. The fraction of sp³-hybridized carbons (Fsp3) is 0.625. The molecular weight excluding hydrogens is 320 g/mol. The molecular formula is C16H27ClN2O2S. The van der Waals surface area contributed by atoms with Crippen molar-refractivity contribution in [3.05, 3.63) is 28.8 Å². The molecule has 1 aromatic carbocycles. The smallest absolute Gasteiger partial charge is 0.243 e. The first kappa shape index (κ1) is 19.4. The zero-order chi connectivity index (χ0) is 15.6. The van der Waals surface area contributed by atoms with Crippen LogP contribution in [0.3, 0.4) is 0 Å². The van der Waals surface area contributed by atoms with Crippen LogP contribution in [0, 0.1) is 26.7 Å². The minimum atomic E-state index is -3.40. The predicted octanol–water partition coefficient (Wildman–Crippen LogP) is 2.78. The van der Waals surface area contributed by atoms with Gasteiger partial charge in [0, 0.05) is 13.1 Å². The fourth-order valence-electron chi connectivity index (χ4n) is 3.42. The Morgan fingerprint density at radius 3 is 2.36 bits per heavy atom. The monoisotopic (exact) mass is 346 g/mol. The van der Waals surface area contributed by atoms with E-state index in [2.05, 4.69) is 0 Å². The number of nitrogens with zero attached hydrogens (tertiary/aromatic N) is 1. The number of rotatable bonds is 4. The van der Waals surface area contributed by atoms with Crippen LogP contribution in [0.2, 0.25) is 0 Å². The van der Waals surface area contributed by atoms with E-state index in [4.69, 9.17) is 5.73 Å². The summed E-state index contributed by atoms with van der Waals surface area (Å²) in [6, 6.07) is 3.89. The lowest BCUT2D eigenvalue weighted by Gasteiger charge is -2.32. The number of piperidine rings is 1. The van der Waals surface area contributed by atoms with Crippen molar-refractivity contribution in [2.24, 2.45) is 11.7 Å². The van der Waals surface area contributed by atoms with Gasteiger partial charge in [-0.15, -0.1) is 12.4 Å². The summed E-state index contributed by atoms with van der Waals surface area (Å²) in [5, 5.41) is 0. The van der Waals surface area contributed by atoms with E-state index >= 15 is 0 Å². The minimum Gasteiger partial charge on any atom is -0.330 e. The summed E-state index contributed by atoms with van der Waals surface area (Å²) in [4.78, 5) is 0.487. The van der Waals surface area contributed by atoms with Crippen LogP contribution in [0.4, 0.5) is 0 Å². The Hall–Kier alpha value is -0.620. The van der Waals surface area contributed by atoms with Crippen molar-refractivity contribution in [2.75, 3.05) is 19.6 Å². The summed E-state index contributed by atoms with van der Waals surface area (Å²) >= 11 is 0. The molecule has 1 atom stereocenters. The summed E-state index contributed by atoms with van der Waals surface area (Å²) in [6.45, 7) is 7.61. The minimum absolute atomic E-state index is 0. The summed E-state index contributed by atoms with van der Waals surface area (Å²) in [6.07, 6.45) is 2.90. The highest BCUT2D eigenvalue weighted by Gasteiger charge is 2.31. The molecule has 22 heavy (non-hydrogen) atoms. The standard InChI is InChI=1S/C16H26N2O2S.ClH/c1-12-9-13(2)16(14(3)10-12)21(19,20)18-8-4-5-15(11-18)6-7-17;/h9-10,15H,4-8,11,17H2,1-3H3;1H. The van der Waals surface area contributed by atoms with E-state index in [-0.39, 0.29) is 12.4 Å². The first-order valence-electron chi connectivity index (χ1n) is 7.64. The zero-order valence-corrected chi connectivity index (χ0v) is 15.3. The molecule has 1 fully saturated rings. The highest BCUT2D eigenvalue weighted by Crippen LogP contribution is 2.29. The van der Waals surface area contributed by atoms with E-state index < -0.39 is 10.0 Å². The largest absolute Gasteiger partial charge is 0.330 e. The van der Waals surface area contributed by atoms with Gasteiger partial charge in [0.05, 0.1) is 4.90 Å². The average Bonchev–Trinajstić information content (AvgIpc) is 2.37. The molecule has 0 aliphatic carbocycles. The Morgan fingerprint density at radius 2 is 1.82 bits per heavy atom. The number of hydrogen-bond acceptors (Lipinski definition) is 3. The van der Waals surface area contributed by atoms with Crippen molar-refractivity contribution >= 4 is 22.4 Å². The van der Waals surface area contributed by atoms with Gasteiger partial charge in [-0.05, 0) is 63.6 Å². The van der Waals surface area contributed by atoms with Crippen LogP contribution < -0.4 is 5.73 Å². The molecule has 0 saturated carbocycles. The van der Waals surface area contributed by atoms with Crippen molar-refractivity contribution in [2.45, 2.75) is 44.9 Å². The zero-order valence-electron chi connectivity index (χ0n) is 13.6. The van der Waals surface area contributed by atoms with Crippen LogP contribution >= 0.6 is 12.4 Å². The average molecular weight is 347 g/mol. The van der Waals surface area contributed by atoms with Crippen LogP contribution in [-0.2, 0) is 10.0 Å². The maximum absolute atomic E-state index is 13.0. The molecule has 4 nitrogen and oxygen atoms in total. The molecule has 1 unspecified atom stereocenters. The second kappa shape index (κ2) is 7.77. The van der Waals surface area contributed by atoms with Crippen molar-refractivity contribution in [3.8, 4) is 0 Å². The highest BCUT2D eigenvalue weighted by molar-refractivity contribution is 7.89. The molecule has 2 N–H and O–H groups in total. The SMILES string of the molecule is Cc1cc(C)c(S(=O)(=O)N2CCCC(CCN)C2)c(C)c1.Cl. The van der Waals surface area contributed by atoms with Gasteiger partial charge in [-0.2, -0.15) is 4.31 Å². The van der Waals surface area contributed by atoms with E-state index in [9.17, 15) is 8.42 Å². The van der Waals surface area contributed by atoms with E-state index in [1.807, 2.05) is 32.9 Å². The van der Waals surface area contributed by atoms with Gasteiger partial charge in [0.15, 0.2) is 0 Å². The number of nitrogens with two attached hydrogens (primary N) is 1. The van der Waals surface area contributed by atoms with Gasteiger partial charge in [0.2, 0.25) is 10.0 Å². The van der Waals surface area contributed by atoms with Gasteiger partial charge in [0.25, 0.3) is 0 Å². The summed E-state index contributed by atoms with van der Waals surface area (Å²) < 4.78 is 27.6. The van der Waals surface area contributed by atoms with Gasteiger partial charge in [-0.25, -0.2) is 8.42 Å². The van der Waals surface area contributed by atoms with Crippen LogP contribution in [0.25, 0.3) is 0 Å². The third-order valence-electron chi connectivity index (χ3n) is 4.26. The van der Waals surface area contributed by atoms with Gasteiger partial charge < -0.3 is 5.73 Å². The Bertz CT molecular complexity index is 592. The number of benzene rings is 1. The number of sulfonamides is 1. The molecule has 1 aliphatic heterocycles. The molecule has 126 valence electrons. The lowest BCUT2D eigenvalue weighted by Crippen LogP contribution is -2.40. The lowest BCUT2D eigenvalue weighted by molar-refractivity contribution is 0.258. The second-order valence-corrected chi connectivity index (χ2v) is 8.05. The van der Waals surface area contributed by atoms with Crippen molar-refractivity contribution in [3.63, 3.8) is 0 Å². The van der Waals surface area contributed by atoms with Gasteiger partial charge in [0.1, 0.15) is 0 Å². The maximum atomic E-state index is 13.0. The Morgan fingerprint density at radius 1 is 1.23 bits per heavy atom. The van der Waals surface area contributed by atoms with Crippen LogP contribution in [0.15, 0.2) is 17.0 Å². The molecule has 2 rings (SSSR count). The predicted molar refractivity (Wildman–Crippen MR) is 93.1 cm³/mol. The number of hydrogen-bond donors (Lipinski definition) is 1. The highest BCUT2D eigenvalue weighted by atomic mass is 35.5. The van der Waals surface area contributed by atoms with Crippen molar-refractivity contribution in [1.82, 2.24) is 4.31 Å². The third-order valence-corrected chi connectivity index (χ3v) is 6.43. The lowest BCUT2D eigenvalue weighted by atomic mass is 9.96. The van der Waals surface area contributed by atoms with E-state index in [1.165, 1.54) is 0 Å². The number of halogens is 1. The van der Waals surface area contributed by atoms with Crippen LogP contribution in [0.5, 0.6) is 0 Å². The quantitative estimate of drug-likeness (QED) is 0.911. The van der Waals surface area contributed by atoms with Crippen LogP contribution in [0.1, 0.15) is 36.0 Å². The first-order chi connectivity index (χ1) is 9.86. The molecule has 1 aromatic rings. The first-order valence-corrected chi connectivity index (χ1v) is 9.08. The maximum Gasteiger partial charge on any atom is 0.243 e. The molecule has 0 bridgehead atoms. The van der Waals surface area contributed by atoms with Crippen LogP contribution in [-0.4, -0.2) is 32.4 Å². The molecule has 0 amide bonds. The second-order valence-electron chi connectivity index (χ2n) is 6.18. The summed E-state index contributed by atoms with van der Waals surface area (Å²) in [5.74, 6) is 0.393. The third kappa shape index (κ3) is 4.02. The normalized spacial score (nSPS) is 19.7. The molecule has 1 heterocycles. The topological polar surface area (TPSA) is 63.4 Å². The molecule has 0 spiro atoms. The molecule has 6 heteroatoms. The molecule has 0 aromatic heterocycles. The van der Waals surface area contributed by atoms with Gasteiger partial charge in [-0.1, -0.05) is 17.7 Å². The van der Waals surface area contributed by atoms with Crippen molar-refractivity contribution in [1.29, 1.82) is 0 Å². The fourth-order valence-corrected chi connectivity index (χ4v) is 5.39. The Balaban J connectivity index is 0.00000242. The van der Waals surface area contributed by atoms with Gasteiger partial charge >= 0.3 is 0 Å². The van der Waals surface area contributed by atoms with E-state index in [0.29, 0.717) is 30.4 Å². The molecule has 1 saturated heterocycles. The van der Waals surface area contributed by atoms with Crippen molar-refractivity contribution < 1.29 is 8.42 Å². The van der Waals surface area contributed by atoms with E-state index in [0.717, 1.165) is 36.0 Å². The summed E-state index contributed by atoms with van der Waals surface area (Å²) in [7, 11) is -3.40. The number of aryl methyl sites for hydroxylation is 3. The van der Waals surface area contributed by atoms with E-state index in [1.54, 1.807) is 4.31 Å². The van der Waals surface area contributed by atoms with Gasteiger partial charge in [-0.3, -0.25) is 0 Å².